The first-order chi connectivity index (χ1) is 2.73. The van der Waals surface area contributed by atoms with Crippen molar-refractivity contribution in [1.82, 2.24) is 0 Å². The van der Waals surface area contributed by atoms with Crippen molar-refractivity contribution < 1.29 is 9.18 Å². The second-order valence-corrected chi connectivity index (χ2v) is 0.402. The van der Waals surface area contributed by atoms with Crippen LogP contribution in [0.3, 0.4) is 0 Å². The average Bonchev–Trinajstić information content (AvgIpc) is 1.41. The Labute approximate surface area is 35.1 Å². The summed E-state index contributed by atoms with van der Waals surface area (Å²) in [6.07, 6.45) is 0. The fraction of sp³-hybridized carbons (Fsp3) is 0.500. The van der Waals surface area contributed by atoms with Crippen LogP contribution in [-0.2, 0) is 0 Å². The maximum atomic E-state index is 9.50. The minimum Gasteiger partial charge on any atom is -0.352 e. The molecule has 0 saturated carbocycles. The van der Waals surface area contributed by atoms with Crippen molar-refractivity contribution in [2.24, 2.45) is 11.5 Å². The lowest BCUT2D eigenvalue weighted by Gasteiger charge is -1.62. The zero-order valence-corrected chi connectivity index (χ0v) is 3.44. The van der Waals surface area contributed by atoms with Gasteiger partial charge < -0.3 is 11.5 Å². The highest BCUT2D eigenvalue weighted by atomic mass is 19.1. The van der Waals surface area contributed by atoms with Gasteiger partial charge in [-0.25, -0.2) is 4.79 Å². The van der Waals surface area contributed by atoms with E-state index in [2.05, 4.69) is 11.5 Å². The third-order valence-electron chi connectivity index (χ3n) is 0. The quantitative estimate of drug-likeness (QED) is 0.421. The van der Waals surface area contributed by atoms with Crippen LogP contribution in [0.5, 0.6) is 0 Å². The number of nitrogens with two attached hydrogens (primary N) is 2. The monoisotopic (exact) mass is 94.1 g/mol. The van der Waals surface area contributed by atoms with E-state index in [4.69, 9.17) is 4.79 Å². The number of carbonyl (C=O) groups excluding carboxylic acids is 1. The van der Waals surface area contributed by atoms with Crippen molar-refractivity contribution in [3.63, 3.8) is 0 Å². The SMILES string of the molecule is CF.NC(N)=O. The van der Waals surface area contributed by atoms with Gasteiger partial charge in [0, 0.05) is 0 Å². The average molecular weight is 94.1 g/mol. The van der Waals surface area contributed by atoms with Gasteiger partial charge in [-0.1, -0.05) is 0 Å². The van der Waals surface area contributed by atoms with E-state index in [9.17, 15) is 4.39 Å². The summed E-state index contributed by atoms with van der Waals surface area (Å²) in [5.41, 5.74) is 8.50. The van der Waals surface area contributed by atoms with Gasteiger partial charge in [-0.15, -0.1) is 0 Å². The summed E-state index contributed by atoms with van der Waals surface area (Å²) in [7, 11) is 0.500. The number of rotatable bonds is 0. The molecule has 0 aliphatic carbocycles. The van der Waals surface area contributed by atoms with Gasteiger partial charge in [-0.05, 0) is 0 Å². The topological polar surface area (TPSA) is 69.1 Å². The Bertz CT molecular complexity index is 34.5. The van der Waals surface area contributed by atoms with Crippen LogP contribution >= 0.6 is 0 Å². The van der Waals surface area contributed by atoms with Crippen molar-refractivity contribution in [2.75, 3.05) is 7.18 Å². The van der Waals surface area contributed by atoms with Gasteiger partial charge in [0.2, 0.25) is 0 Å². The summed E-state index contributed by atoms with van der Waals surface area (Å²) < 4.78 is 9.50. The lowest BCUT2D eigenvalue weighted by Crippen LogP contribution is -2.18. The minimum absolute atomic E-state index is 0.500. The zero-order valence-electron chi connectivity index (χ0n) is 3.44. The molecule has 0 heterocycles. The van der Waals surface area contributed by atoms with Gasteiger partial charge in [0.05, 0.1) is 7.18 Å². The smallest absolute Gasteiger partial charge is 0.309 e. The van der Waals surface area contributed by atoms with E-state index in [0.29, 0.717) is 7.18 Å². The molecule has 0 aromatic rings. The normalized spacial score (nSPS) is 5.00. The number of carbonyl (C=O) groups is 1. The molecule has 0 aromatic carbocycles. The van der Waals surface area contributed by atoms with Crippen LogP contribution in [0.15, 0.2) is 0 Å². The number of halogens is 1. The van der Waals surface area contributed by atoms with Crippen LogP contribution in [0.2, 0.25) is 0 Å². The Morgan fingerprint density at radius 3 is 1.50 bits per heavy atom. The van der Waals surface area contributed by atoms with Crippen molar-refractivity contribution in [2.45, 2.75) is 0 Å². The van der Waals surface area contributed by atoms with Crippen molar-refractivity contribution >= 4 is 6.03 Å². The second kappa shape index (κ2) is 8.89. The molecule has 2 amide bonds. The Morgan fingerprint density at radius 1 is 1.50 bits per heavy atom. The lowest BCUT2D eigenvalue weighted by atomic mass is 11.2. The molecular weight excluding hydrogens is 87.0 g/mol. The molecular formula is C2H7FN2O. The predicted octanol–water partition coefficient (Wildman–Crippen LogP) is -0.390. The molecule has 6 heavy (non-hydrogen) atoms. The van der Waals surface area contributed by atoms with Crippen LogP contribution < -0.4 is 11.5 Å². The fourth-order valence-corrected chi connectivity index (χ4v) is 0. The Morgan fingerprint density at radius 2 is 1.50 bits per heavy atom. The molecule has 0 bridgehead atoms. The second-order valence-electron chi connectivity index (χ2n) is 0.402. The van der Waals surface area contributed by atoms with Gasteiger partial charge in [0.25, 0.3) is 0 Å². The van der Waals surface area contributed by atoms with E-state index in [-0.39, 0.29) is 0 Å². The molecule has 0 atom stereocenters. The van der Waals surface area contributed by atoms with E-state index >= 15 is 0 Å². The molecule has 4 N–H and O–H groups in total. The molecule has 0 unspecified atom stereocenters. The highest BCUT2D eigenvalue weighted by molar-refractivity contribution is 5.69. The molecule has 0 fully saturated rings. The van der Waals surface area contributed by atoms with Crippen LogP contribution in [0, 0.1) is 0 Å². The summed E-state index contributed by atoms with van der Waals surface area (Å²) in [6.45, 7) is 0. The molecule has 4 heteroatoms. The highest BCUT2D eigenvalue weighted by Gasteiger charge is 1.60. The van der Waals surface area contributed by atoms with Gasteiger partial charge in [-0.3, -0.25) is 4.39 Å². The summed E-state index contributed by atoms with van der Waals surface area (Å²) >= 11 is 0. The molecule has 0 aliphatic heterocycles. The third-order valence-corrected chi connectivity index (χ3v) is 0. The highest BCUT2D eigenvalue weighted by Crippen LogP contribution is 1.25. The first kappa shape index (κ1) is 8.96. The molecule has 0 spiro atoms. The summed E-state index contributed by atoms with van der Waals surface area (Å²) in [4.78, 5) is 9.00. The number of hydrogen-bond acceptors (Lipinski definition) is 1. The van der Waals surface area contributed by atoms with Crippen LogP contribution in [0.1, 0.15) is 0 Å². The van der Waals surface area contributed by atoms with E-state index in [1.54, 1.807) is 0 Å². The molecule has 0 saturated heterocycles. The van der Waals surface area contributed by atoms with Crippen molar-refractivity contribution in [1.29, 1.82) is 0 Å². The Hall–Kier alpha value is -0.800. The summed E-state index contributed by atoms with van der Waals surface area (Å²) in [6, 6.07) is -0.833. The molecule has 0 aliphatic rings. The number of amides is 2. The number of hydrogen-bond donors (Lipinski definition) is 2. The summed E-state index contributed by atoms with van der Waals surface area (Å²) in [5.74, 6) is 0. The maximum absolute atomic E-state index is 9.50. The number of alkyl halides is 1. The van der Waals surface area contributed by atoms with Gasteiger partial charge in [0.15, 0.2) is 0 Å². The van der Waals surface area contributed by atoms with Gasteiger partial charge in [0.1, 0.15) is 0 Å². The predicted molar refractivity (Wildman–Crippen MR) is 20.8 cm³/mol. The Kier molecular flexibility index (Phi) is 13.3. The van der Waals surface area contributed by atoms with Crippen LogP contribution in [-0.4, -0.2) is 13.2 Å². The maximum Gasteiger partial charge on any atom is 0.309 e. The minimum atomic E-state index is -0.833. The van der Waals surface area contributed by atoms with E-state index < -0.39 is 6.03 Å². The van der Waals surface area contributed by atoms with Gasteiger partial charge in [-0.2, -0.15) is 0 Å². The van der Waals surface area contributed by atoms with E-state index in [1.807, 2.05) is 0 Å². The lowest BCUT2D eigenvalue weighted by molar-refractivity contribution is 0.256. The Balaban J connectivity index is 0. The van der Waals surface area contributed by atoms with Crippen LogP contribution in [0.4, 0.5) is 9.18 Å². The third kappa shape index (κ3) is 24.2. The van der Waals surface area contributed by atoms with Crippen molar-refractivity contribution in [3.8, 4) is 0 Å². The van der Waals surface area contributed by atoms with E-state index in [0.717, 1.165) is 0 Å². The molecule has 38 valence electrons. The number of urea groups is 1. The van der Waals surface area contributed by atoms with Crippen LogP contribution in [0.25, 0.3) is 0 Å². The first-order valence-corrected chi connectivity index (χ1v) is 1.16. The molecule has 0 aromatic heterocycles. The molecule has 0 rings (SSSR count). The number of primary amides is 2. The first-order valence-electron chi connectivity index (χ1n) is 1.16. The largest absolute Gasteiger partial charge is 0.352 e. The standard InChI is InChI=1S/CH3F.CH4N2O/c1-2;2-1(3)4/h1H3;(H4,2,3,4). The molecule has 0 radical (unpaired) electrons. The van der Waals surface area contributed by atoms with E-state index in [1.165, 1.54) is 0 Å². The summed E-state index contributed by atoms with van der Waals surface area (Å²) in [5, 5.41) is 0. The van der Waals surface area contributed by atoms with Crippen molar-refractivity contribution in [3.05, 3.63) is 0 Å². The zero-order chi connectivity index (χ0) is 5.58. The van der Waals surface area contributed by atoms with Gasteiger partial charge >= 0.3 is 6.03 Å². The molecule has 3 nitrogen and oxygen atoms in total. The fourth-order valence-electron chi connectivity index (χ4n) is 0.